The van der Waals surface area contributed by atoms with Crippen molar-refractivity contribution in [3.63, 3.8) is 0 Å². The minimum atomic E-state index is -0.748. The Labute approximate surface area is 90.3 Å². The van der Waals surface area contributed by atoms with Crippen LogP contribution in [0.5, 0.6) is 0 Å². The predicted molar refractivity (Wildman–Crippen MR) is 60.7 cm³/mol. The molecule has 0 saturated carbocycles. The van der Waals surface area contributed by atoms with E-state index in [9.17, 15) is 4.79 Å². The molecule has 0 aliphatic carbocycles. The largest absolute Gasteiger partial charge is 0.481 e. The first-order valence-corrected chi connectivity index (χ1v) is 5.00. The van der Waals surface area contributed by atoms with E-state index in [1.54, 1.807) is 0 Å². The van der Waals surface area contributed by atoms with E-state index in [0.717, 1.165) is 11.1 Å². The summed E-state index contributed by atoms with van der Waals surface area (Å²) < 4.78 is 0. The minimum Gasteiger partial charge on any atom is -0.481 e. The summed E-state index contributed by atoms with van der Waals surface area (Å²) in [5.74, 6) is -1.10. The lowest BCUT2D eigenvalue weighted by molar-refractivity contribution is -0.141. The number of hydrogen-bond acceptors (Lipinski definition) is 1. The van der Waals surface area contributed by atoms with Gasteiger partial charge in [0.05, 0.1) is 5.92 Å². The number of allylic oxidation sites excluding steroid dienone is 1. The van der Waals surface area contributed by atoms with Crippen LogP contribution in [0.25, 0.3) is 0 Å². The van der Waals surface area contributed by atoms with E-state index in [-0.39, 0.29) is 5.92 Å². The molecular formula is C13H16O2. The lowest BCUT2D eigenvalue weighted by Gasteiger charge is -2.11. The average Bonchev–Trinajstić information content (AvgIpc) is 2.17. The molecule has 0 fully saturated rings. The number of benzene rings is 1. The van der Waals surface area contributed by atoms with Crippen molar-refractivity contribution in [3.05, 3.63) is 48.0 Å². The maximum Gasteiger partial charge on any atom is 0.307 e. The standard InChI is InChI=1S/C13H16O2/c1-10(2)8-12(13(14)15)9-11-6-4-3-5-7-11/h3-7,12H,1,8-9H2,2H3,(H,14,15)/t12-/m0/s1. The molecule has 0 unspecified atom stereocenters. The van der Waals surface area contributed by atoms with Crippen LogP contribution < -0.4 is 0 Å². The summed E-state index contributed by atoms with van der Waals surface area (Å²) in [7, 11) is 0. The molecule has 0 amide bonds. The smallest absolute Gasteiger partial charge is 0.307 e. The maximum atomic E-state index is 11.0. The van der Waals surface area contributed by atoms with Crippen LogP contribution in [-0.4, -0.2) is 11.1 Å². The summed E-state index contributed by atoms with van der Waals surface area (Å²) in [6.45, 7) is 5.62. The Morgan fingerprint density at radius 3 is 2.47 bits per heavy atom. The molecule has 1 rings (SSSR count). The molecule has 0 saturated heterocycles. The van der Waals surface area contributed by atoms with Gasteiger partial charge in [-0.15, -0.1) is 6.58 Å². The second-order valence-corrected chi connectivity index (χ2v) is 3.89. The fourth-order valence-electron chi connectivity index (χ4n) is 1.57. The Balaban J connectivity index is 2.67. The Hall–Kier alpha value is -1.57. The van der Waals surface area contributed by atoms with Gasteiger partial charge in [-0.05, 0) is 25.3 Å². The van der Waals surface area contributed by atoms with Gasteiger partial charge in [0.1, 0.15) is 0 Å². The topological polar surface area (TPSA) is 37.3 Å². The monoisotopic (exact) mass is 204 g/mol. The van der Waals surface area contributed by atoms with Crippen molar-refractivity contribution in [2.75, 3.05) is 0 Å². The zero-order valence-corrected chi connectivity index (χ0v) is 8.94. The first kappa shape index (κ1) is 11.5. The highest BCUT2D eigenvalue weighted by atomic mass is 16.4. The molecule has 0 radical (unpaired) electrons. The van der Waals surface area contributed by atoms with Crippen LogP contribution in [0.15, 0.2) is 42.5 Å². The SMILES string of the molecule is C=C(C)C[C@@H](Cc1ccccc1)C(=O)O. The zero-order valence-electron chi connectivity index (χ0n) is 8.94. The zero-order chi connectivity index (χ0) is 11.3. The van der Waals surface area contributed by atoms with E-state index in [1.165, 1.54) is 0 Å². The number of rotatable bonds is 5. The second-order valence-electron chi connectivity index (χ2n) is 3.89. The molecule has 0 aliphatic rings. The molecule has 0 aliphatic heterocycles. The third kappa shape index (κ3) is 3.98. The van der Waals surface area contributed by atoms with Gasteiger partial charge in [-0.3, -0.25) is 4.79 Å². The molecule has 0 bridgehead atoms. The Morgan fingerprint density at radius 2 is 2.00 bits per heavy atom. The van der Waals surface area contributed by atoms with Crippen LogP contribution >= 0.6 is 0 Å². The normalized spacial score (nSPS) is 12.1. The number of carboxylic acids is 1. The summed E-state index contributed by atoms with van der Waals surface area (Å²) in [6, 6.07) is 9.69. The lowest BCUT2D eigenvalue weighted by Crippen LogP contribution is -2.16. The number of carbonyl (C=O) groups is 1. The summed E-state index contributed by atoms with van der Waals surface area (Å²) in [4.78, 5) is 11.0. The Morgan fingerprint density at radius 1 is 1.40 bits per heavy atom. The molecule has 1 aromatic carbocycles. The third-order valence-electron chi connectivity index (χ3n) is 2.27. The molecule has 1 atom stereocenters. The molecule has 80 valence electrons. The highest BCUT2D eigenvalue weighted by molar-refractivity contribution is 5.70. The summed E-state index contributed by atoms with van der Waals surface area (Å²) in [5, 5.41) is 9.04. The molecular weight excluding hydrogens is 188 g/mol. The van der Waals surface area contributed by atoms with E-state index in [1.807, 2.05) is 37.3 Å². The number of hydrogen-bond donors (Lipinski definition) is 1. The molecule has 2 heteroatoms. The molecule has 15 heavy (non-hydrogen) atoms. The number of aliphatic carboxylic acids is 1. The molecule has 0 heterocycles. The first-order valence-electron chi connectivity index (χ1n) is 5.00. The van der Waals surface area contributed by atoms with Gasteiger partial charge in [0, 0.05) is 0 Å². The second kappa shape index (κ2) is 5.35. The van der Waals surface area contributed by atoms with Crippen LogP contribution in [0.3, 0.4) is 0 Å². The highest BCUT2D eigenvalue weighted by Crippen LogP contribution is 2.16. The van der Waals surface area contributed by atoms with Crippen molar-refractivity contribution < 1.29 is 9.90 Å². The van der Waals surface area contributed by atoms with Crippen molar-refractivity contribution in [2.24, 2.45) is 5.92 Å². The van der Waals surface area contributed by atoms with Gasteiger partial charge in [-0.25, -0.2) is 0 Å². The van der Waals surface area contributed by atoms with Gasteiger partial charge in [0.15, 0.2) is 0 Å². The van der Waals surface area contributed by atoms with Gasteiger partial charge < -0.3 is 5.11 Å². The van der Waals surface area contributed by atoms with Crippen molar-refractivity contribution in [3.8, 4) is 0 Å². The minimum absolute atomic E-state index is 0.357. The van der Waals surface area contributed by atoms with Gasteiger partial charge in [-0.2, -0.15) is 0 Å². The van der Waals surface area contributed by atoms with E-state index in [4.69, 9.17) is 5.11 Å². The van der Waals surface area contributed by atoms with Gasteiger partial charge in [-0.1, -0.05) is 35.9 Å². The molecule has 1 aromatic rings. The molecule has 1 N–H and O–H groups in total. The van der Waals surface area contributed by atoms with Crippen LogP contribution in [0, 0.1) is 5.92 Å². The van der Waals surface area contributed by atoms with Crippen molar-refractivity contribution in [2.45, 2.75) is 19.8 Å². The average molecular weight is 204 g/mol. The highest BCUT2D eigenvalue weighted by Gasteiger charge is 2.17. The van der Waals surface area contributed by atoms with E-state index in [0.29, 0.717) is 12.8 Å². The van der Waals surface area contributed by atoms with Crippen LogP contribution in [0.4, 0.5) is 0 Å². The summed E-state index contributed by atoms with van der Waals surface area (Å²) in [5.41, 5.74) is 1.98. The first-order chi connectivity index (χ1) is 7.09. The van der Waals surface area contributed by atoms with E-state index in [2.05, 4.69) is 6.58 Å². The lowest BCUT2D eigenvalue weighted by atomic mass is 9.94. The van der Waals surface area contributed by atoms with Crippen molar-refractivity contribution >= 4 is 5.97 Å². The van der Waals surface area contributed by atoms with E-state index < -0.39 is 5.97 Å². The molecule has 0 aromatic heterocycles. The van der Waals surface area contributed by atoms with Crippen molar-refractivity contribution in [1.29, 1.82) is 0 Å². The van der Waals surface area contributed by atoms with Crippen LogP contribution in [0.1, 0.15) is 18.9 Å². The fourth-order valence-corrected chi connectivity index (χ4v) is 1.57. The van der Waals surface area contributed by atoms with Gasteiger partial charge >= 0.3 is 5.97 Å². The predicted octanol–water partition coefficient (Wildman–Crippen LogP) is 2.90. The molecule has 2 nitrogen and oxygen atoms in total. The maximum absolute atomic E-state index is 11.0. The third-order valence-corrected chi connectivity index (χ3v) is 2.27. The number of carboxylic acid groups (broad SMARTS) is 1. The summed E-state index contributed by atoms with van der Waals surface area (Å²) in [6.07, 6.45) is 1.12. The Bertz CT molecular complexity index is 341. The summed E-state index contributed by atoms with van der Waals surface area (Å²) >= 11 is 0. The van der Waals surface area contributed by atoms with Crippen LogP contribution in [0.2, 0.25) is 0 Å². The van der Waals surface area contributed by atoms with Gasteiger partial charge in [0.2, 0.25) is 0 Å². The van der Waals surface area contributed by atoms with Crippen molar-refractivity contribution in [1.82, 2.24) is 0 Å². The fraction of sp³-hybridized carbons (Fsp3) is 0.308. The molecule has 0 spiro atoms. The van der Waals surface area contributed by atoms with E-state index >= 15 is 0 Å². The van der Waals surface area contributed by atoms with Crippen LogP contribution in [-0.2, 0) is 11.2 Å². The Kier molecular flexibility index (Phi) is 4.10. The quantitative estimate of drug-likeness (QED) is 0.749. The van der Waals surface area contributed by atoms with Gasteiger partial charge in [0.25, 0.3) is 0 Å².